The molecule has 5 nitrogen and oxygen atoms in total. The van der Waals surface area contributed by atoms with Crippen LogP contribution in [0.4, 0.5) is 0 Å². The Labute approximate surface area is 358 Å². The van der Waals surface area contributed by atoms with E-state index in [2.05, 4.69) is 197 Å². The van der Waals surface area contributed by atoms with Crippen molar-refractivity contribution in [2.24, 2.45) is 0 Å². The topological polar surface area (TPSA) is 48.5 Å². The number of hydrogen-bond donors (Lipinski definition) is 0. The van der Waals surface area contributed by atoms with Gasteiger partial charge in [0.15, 0.2) is 5.82 Å². The van der Waals surface area contributed by atoms with Gasteiger partial charge in [0, 0.05) is 55.4 Å². The van der Waals surface area contributed by atoms with Gasteiger partial charge in [0.1, 0.15) is 0 Å². The molecule has 0 N–H and O–H groups in total. The molecule has 12 rings (SSSR count). The molecule has 290 valence electrons. The van der Waals surface area contributed by atoms with Crippen molar-refractivity contribution >= 4 is 43.7 Å². The van der Waals surface area contributed by atoms with E-state index >= 15 is 0 Å². The fourth-order valence-corrected chi connectivity index (χ4v) is 9.07. The monoisotopic (exact) mass is 791 g/mol. The van der Waals surface area contributed by atoms with E-state index in [0.717, 1.165) is 89.1 Å². The van der Waals surface area contributed by atoms with Gasteiger partial charge in [-0.25, -0.2) is 15.0 Å². The maximum atomic E-state index is 5.47. The summed E-state index contributed by atoms with van der Waals surface area (Å²) >= 11 is 0. The number of para-hydroxylation sites is 3. The Hall–Kier alpha value is -8.41. The van der Waals surface area contributed by atoms with Crippen LogP contribution >= 0.6 is 0 Å². The molecule has 0 fully saturated rings. The highest BCUT2D eigenvalue weighted by Gasteiger charge is 2.20. The zero-order chi connectivity index (χ0) is 41.0. The van der Waals surface area contributed by atoms with Crippen molar-refractivity contribution in [2.45, 2.75) is 0 Å². The first kappa shape index (κ1) is 35.5. The summed E-state index contributed by atoms with van der Waals surface area (Å²) in [6.45, 7) is 0. The summed E-state index contributed by atoms with van der Waals surface area (Å²) < 4.78 is 4.71. The van der Waals surface area contributed by atoms with Crippen LogP contribution in [0, 0.1) is 0 Å². The Morgan fingerprint density at radius 1 is 0.290 bits per heavy atom. The van der Waals surface area contributed by atoms with Crippen LogP contribution in [-0.4, -0.2) is 24.1 Å². The normalized spacial score (nSPS) is 11.5. The van der Waals surface area contributed by atoms with Crippen molar-refractivity contribution in [3.63, 3.8) is 0 Å². The van der Waals surface area contributed by atoms with Gasteiger partial charge >= 0.3 is 0 Å². The maximum Gasteiger partial charge on any atom is 0.160 e. The predicted molar refractivity (Wildman–Crippen MR) is 256 cm³/mol. The molecule has 0 unspecified atom stereocenters. The van der Waals surface area contributed by atoms with Crippen LogP contribution in [0.2, 0.25) is 0 Å². The summed E-state index contributed by atoms with van der Waals surface area (Å²) in [5.41, 5.74) is 16.8. The number of aromatic nitrogens is 5. The van der Waals surface area contributed by atoms with Gasteiger partial charge in [-0.05, 0) is 66.2 Å². The minimum atomic E-state index is 0.682. The Morgan fingerprint density at radius 3 is 1.58 bits per heavy atom. The van der Waals surface area contributed by atoms with Gasteiger partial charge in [-0.1, -0.05) is 164 Å². The lowest BCUT2D eigenvalue weighted by molar-refractivity contribution is 1.16. The van der Waals surface area contributed by atoms with E-state index in [0.29, 0.717) is 5.82 Å². The Morgan fingerprint density at radius 2 is 0.855 bits per heavy atom. The summed E-state index contributed by atoms with van der Waals surface area (Å²) in [4.78, 5) is 15.8. The van der Waals surface area contributed by atoms with Crippen LogP contribution in [0.25, 0.3) is 111 Å². The lowest BCUT2D eigenvalue weighted by Crippen LogP contribution is -1.98. The molecule has 0 amide bonds. The van der Waals surface area contributed by atoms with Crippen LogP contribution in [0.1, 0.15) is 0 Å². The second-order valence-electron chi connectivity index (χ2n) is 15.6. The molecule has 0 aliphatic rings. The van der Waals surface area contributed by atoms with Gasteiger partial charge in [0.2, 0.25) is 0 Å². The van der Waals surface area contributed by atoms with Crippen molar-refractivity contribution < 1.29 is 0 Å². The molecule has 0 saturated heterocycles. The van der Waals surface area contributed by atoms with Crippen LogP contribution < -0.4 is 0 Å². The zero-order valence-electron chi connectivity index (χ0n) is 33.6. The molecule has 62 heavy (non-hydrogen) atoms. The van der Waals surface area contributed by atoms with Crippen molar-refractivity contribution in [1.29, 1.82) is 0 Å². The fraction of sp³-hybridized carbons (Fsp3) is 0. The summed E-state index contributed by atoms with van der Waals surface area (Å²) in [5, 5.41) is 3.47. The fourth-order valence-electron chi connectivity index (χ4n) is 9.07. The Balaban J connectivity index is 1.00. The molecule has 12 aromatic rings. The first-order valence-electron chi connectivity index (χ1n) is 20.9. The van der Waals surface area contributed by atoms with E-state index in [4.69, 9.17) is 15.0 Å². The van der Waals surface area contributed by atoms with E-state index in [1.807, 2.05) is 36.4 Å². The largest absolute Gasteiger partial charge is 0.309 e. The van der Waals surface area contributed by atoms with E-state index in [-0.39, 0.29) is 0 Å². The number of benzene rings is 8. The van der Waals surface area contributed by atoms with Crippen LogP contribution in [0.5, 0.6) is 0 Å². The van der Waals surface area contributed by atoms with Gasteiger partial charge in [-0.15, -0.1) is 0 Å². The average Bonchev–Trinajstić information content (AvgIpc) is 3.87. The summed E-state index contributed by atoms with van der Waals surface area (Å²) in [7, 11) is 0. The van der Waals surface area contributed by atoms with E-state index < -0.39 is 0 Å². The maximum absolute atomic E-state index is 5.47. The molecule has 0 aliphatic carbocycles. The lowest BCUT2D eigenvalue weighted by Gasteiger charge is -2.12. The third-order valence-electron chi connectivity index (χ3n) is 11.9. The highest BCUT2D eigenvalue weighted by molar-refractivity contribution is 6.13. The molecule has 0 radical (unpaired) electrons. The van der Waals surface area contributed by atoms with Crippen molar-refractivity contribution in [2.75, 3.05) is 0 Å². The van der Waals surface area contributed by atoms with Crippen LogP contribution in [0.3, 0.4) is 0 Å². The Kier molecular flexibility index (Phi) is 8.42. The van der Waals surface area contributed by atoms with E-state index in [1.54, 1.807) is 0 Å². The minimum Gasteiger partial charge on any atom is -0.309 e. The smallest absolute Gasteiger partial charge is 0.160 e. The highest BCUT2D eigenvalue weighted by Crippen LogP contribution is 2.40. The molecular formula is C57H37N5. The molecule has 0 atom stereocenters. The number of hydrogen-bond acceptors (Lipinski definition) is 3. The minimum absolute atomic E-state index is 0.682. The standard InChI is InChI=1S/C57H37N5/c1-5-17-38(18-6-1)45-28-16-29-47-55-54(62(56(45)47)43-24-11-4-12-25-43)34-32-49(58-55)41-31-33-53-48(36-41)46-27-13-14-30-52(46)61(53)44-26-15-23-42(35-44)57-59-50(39-19-7-2-8-20-39)37-51(60-57)40-21-9-3-10-22-40/h1-37H. The summed E-state index contributed by atoms with van der Waals surface area (Å²) in [5.74, 6) is 0.682. The van der Waals surface area contributed by atoms with Crippen LogP contribution in [0.15, 0.2) is 224 Å². The van der Waals surface area contributed by atoms with E-state index in [1.165, 1.54) is 16.5 Å². The number of nitrogens with zero attached hydrogens (tertiary/aromatic N) is 5. The SMILES string of the molecule is c1ccc(-c2cc(-c3ccccc3)nc(-c3cccc(-n4c5ccccc5c5cc(-c6ccc7c(n6)c6cccc(-c8ccccc8)c6n7-c6ccccc6)ccc54)c3)n2)cc1. The molecule has 0 saturated carbocycles. The number of pyridine rings is 1. The molecule has 4 heterocycles. The van der Waals surface area contributed by atoms with Gasteiger partial charge in [-0.3, -0.25) is 0 Å². The van der Waals surface area contributed by atoms with Gasteiger partial charge in [0.05, 0.1) is 44.7 Å². The first-order valence-corrected chi connectivity index (χ1v) is 20.9. The Bertz CT molecular complexity index is 3550. The molecule has 0 bridgehead atoms. The molecule has 5 heteroatoms. The molecule has 0 spiro atoms. The highest BCUT2D eigenvalue weighted by atomic mass is 15.0. The lowest BCUT2D eigenvalue weighted by atomic mass is 10.0. The molecule has 0 aliphatic heterocycles. The third-order valence-corrected chi connectivity index (χ3v) is 11.9. The summed E-state index contributed by atoms with van der Waals surface area (Å²) in [6, 6.07) is 78.9. The predicted octanol–water partition coefficient (Wildman–Crippen LogP) is 14.4. The first-order chi connectivity index (χ1) is 30.7. The third kappa shape index (κ3) is 5.98. The van der Waals surface area contributed by atoms with E-state index in [9.17, 15) is 0 Å². The second-order valence-corrected chi connectivity index (χ2v) is 15.6. The average molecular weight is 792 g/mol. The molecule has 8 aromatic carbocycles. The second kappa shape index (κ2) is 14.7. The van der Waals surface area contributed by atoms with Gasteiger partial charge < -0.3 is 9.13 Å². The number of rotatable bonds is 7. The van der Waals surface area contributed by atoms with Crippen molar-refractivity contribution in [1.82, 2.24) is 24.1 Å². The van der Waals surface area contributed by atoms with Gasteiger partial charge in [0.25, 0.3) is 0 Å². The van der Waals surface area contributed by atoms with Crippen molar-refractivity contribution in [3.05, 3.63) is 224 Å². The molecular weight excluding hydrogens is 755 g/mol. The van der Waals surface area contributed by atoms with Crippen LogP contribution in [-0.2, 0) is 0 Å². The molecule has 4 aromatic heterocycles. The zero-order valence-corrected chi connectivity index (χ0v) is 33.6. The number of fused-ring (bicyclic) bond motifs is 6. The quantitative estimate of drug-likeness (QED) is 0.162. The van der Waals surface area contributed by atoms with Gasteiger partial charge in [-0.2, -0.15) is 0 Å². The van der Waals surface area contributed by atoms with Crippen molar-refractivity contribution in [3.8, 4) is 67.7 Å². The summed E-state index contributed by atoms with van der Waals surface area (Å²) in [6.07, 6.45) is 0.